The van der Waals surface area contributed by atoms with E-state index in [2.05, 4.69) is 45.6 Å². The van der Waals surface area contributed by atoms with E-state index in [0.29, 0.717) is 0 Å². The highest BCUT2D eigenvalue weighted by atomic mass is 15.2. The van der Waals surface area contributed by atoms with Gasteiger partial charge in [-0.2, -0.15) is 0 Å². The molecule has 0 saturated heterocycles. The van der Waals surface area contributed by atoms with Crippen molar-refractivity contribution in [3.63, 3.8) is 0 Å². The van der Waals surface area contributed by atoms with E-state index in [4.69, 9.17) is 0 Å². The summed E-state index contributed by atoms with van der Waals surface area (Å²) in [6, 6.07) is 6.21. The molecule has 0 spiro atoms. The van der Waals surface area contributed by atoms with Gasteiger partial charge in [-0.25, -0.2) is 4.98 Å². The molecule has 80 valence electrons. The second-order valence-corrected chi connectivity index (χ2v) is 3.72. The molecule has 1 aliphatic rings. The molecule has 15 heavy (non-hydrogen) atoms. The van der Waals surface area contributed by atoms with Crippen molar-refractivity contribution < 1.29 is 0 Å². The SMILES string of the molecule is CNCc1cccc(N2CC=CCC2)n1. The van der Waals surface area contributed by atoms with Gasteiger partial charge in [-0.1, -0.05) is 18.2 Å². The topological polar surface area (TPSA) is 28.2 Å². The lowest BCUT2D eigenvalue weighted by Gasteiger charge is -2.24. The lowest BCUT2D eigenvalue weighted by molar-refractivity contribution is 0.768. The Labute approximate surface area is 90.8 Å². The highest BCUT2D eigenvalue weighted by Crippen LogP contribution is 2.14. The molecule has 3 nitrogen and oxygen atoms in total. The molecule has 0 aliphatic carbocycles. The molecule has 1 N–H and O–H groups in total. The van der Waals surface area contributed by atoms with Crippen molar-refractivity contribution in [3.05, 3.63) is 36.0 Å². The smallest absolute Gasteiger partial charge is 0.129 e. The monoisotopic (exact) mass is 203 g/mol. The third-order valence-corrected chi connectivity index (χ3v) is 2.53. The van der Waals surface area contributed by atoms with Crippen LogP contribution in [0.15, 0.2) is 30.4 Å². The molecule has 1 aromatic heterocycles. The van der Waals surface area contributed by atoms with E-state index in [-0.39, 0.29) is 0 Å². The summed E-state index contributed by atoms with van der Waals surface area (Å²) < 4.78 is 0. The Kier molecular flexibility index (Phi) is 3.35. The zero-order valence-electron chi connectivity index (χ0n) is 9.11. The Morgan fingerprint density at radius 3 is 3.07 bits per heavy atom. The predicted molar refractivity (Wildman–Crippen MR) is 63.0 cm³/mol. The molecule has 0 bridgehead atoms. The Bertz CT molecular complexity index is 346. The molecule has 1 aliphatic heterocycles. The van der Waals surface area contributed by atoms with Crippen LogP contribution >= 0.6 is 0 Å². The number of aromatic nitrogens is 1. The van der Waals surface area contributed by atoms with Crippen molar-refractivity contribution >= 4 is 5.82 Å². The van der Waals surface area contributed by atoms with Crippen LogP contribution in [0.4, 0.5) is 5.82 Å². The fourth-order valence-corrected chi connectivity index (χ4v) is 1.77. The van der Waals surface area contributed by atoms with Crippen LogP contribution in [0, 0.1) is 0 Å². The van der Waals surface area contributed by atoms with Gasteiger partial charge in [-0.3, -0.25) is 0 Å². The van der Waals surface area contributed by atoms with Crippen LogP contribution in [-0.2, 0) is 6.54 Å². The summed E-state index contributed by atoms with van der Waals surface area (Å²) in [7, 11) is 1.94. The number of hydrogen-bond acceptors (Lipinski definition) is 3. The van der Waals surface area contributed by atoms with Gasteiger partial charge < -0.3 is 10.2 Å². The summed E-state index contributed by atoms with van der Waals surface area (Å²) in [4.78, 5) is 6.92. The van der Waals surface area contributed by atoms with Gasteiger partial charge in [0.05, 0.1) is 5.69 Å². The van der Waals surface area contributed by atoms with Gasteiger partial charge in [0.25, 0.3) is 0 Å². The Hall–Kier alpha value is -1.35. The first-order chi connectivity index (χ1) is 7.40. The first-order valence-electron chi connectivity index (χ1n) is 5.40. The maximum absolute atomic E-state index is 4.62. The minimum Gasteiger partial charge on any atom is -0.353 e. The summed E-state index contributed by atoms with van der Waals surface area (Å²) >= 11 is 0. The highest BCUT2D eigenvalue weighted by molar-refractivity contribution is 5.41. The molecule has 1 aromatic rings. The third-order valence-electron chi connectivity index (χ3n) is 2.53. The molecule has 0 atom stereocenters. The molecule has 2 heterocycles. The zero-order chi connectivity index (χ0) is 10.5. The number of nitrogens with one attached hydrogen (secondary N) is 1. The largest absolute Gasteiger partial charge is 0.353 e. The number of pyridine rings is 1. The molecular formula is C12H17N3. The highest BCUT2D eigenvalue weighted by Gasteiger charge is 2.08. The molecule has 0 saturated carbocycles. The molecule has 0 aromatic carbocycles. The fraction of sp³-hybridized carbons (Fsp3) is 0.417. The predicted octanol–water partition coefficient (Wildman–Crippen LogP) is 1.57. The van der Waals surface area contributed by atoms with Crippen LogP contribution in [0.2, 0.25) is 0 Å². The maximum atomic E-state index is 4.62. The van der Waals surface area contributed by atoms with Crippen molar-refractivity contribution in [3.8, 4) is 0 Å². The van der Waals surface area contributed by atoms with Crippen LogP contribution < -0.4 is 10.2 Å². The van der Waals surface area contributed by atoms with Gasteiger partial charge in [0, 0.05) is 19.6 Å². The fourth-order valence-electron chi connectivity index (χ4n) is 1.77. The quantitative estimate of drug-likeness (QED) is 0.756. The number of nitrogens with zero attached hydrogens (tertiary/aromatic N) is 2. The van der Waals surface area contributed by atoms with E-state index >= 15 is 0 Å². The zero-order valence-corrected chi connectivity index (χ0v) is 9.11. The molecule has 0 fully saturated rings. The Morgan fingerprint density at radius 2 is 2.33 bits per heavy atom. The van der Waals surface area contributed by atoms with Crippen LogP contribution in [0.25, 0.3) is 0 Å². The van der Waals surface area contributed by atoms with E-state index in [1.807, 2.05) is 7.05 Å². The minimum absolute atomic E-state index is 0.831. The number of hydrogen-bond donors (Lipinski definition) is 1. The van der Waals surface area contributed by atoms with E-state index in [1.54, 1.807) is 0 Å². The Balaban J connectivity index is 2.13. The maximum Gasteiger partial charge on any atom is 0.129 e. The first kappa shape index (κ1) is 10.2. The molecule has 3 heteroatoms. The summed E-state index contributed by atoms with van der Waals surface area (Å²) in [5, 5.41) is 3.12. The summed E-state index contributed by atoms with van der Waals surface area (Å²) in [6.45, 7) is 2.89. The van der Waals surface area contributed by atoms with Crippen LogP contribution in [-0.4, -0.2) is 25.1 Å². The molecule has 0 amide bonds. The van der Waals surface area contributed by atoms with E-state index in [1.165, 1.54) is 0 Å². The van der Waals surface area contributed by atoms with Crippen molar-refractivity contribution in [1.29, 1.82) is 0 Å². The van der Waals surface area contributed by atoms with Crippen LogP contribution in [0.5, 0.6) is 0 Å². The van der Waals surface area contributed by atoms with Crippen molar-refractivity contribution in [2.24, 2.45) is 0 Å². The van der Waals surface area contributed by atoms with Crippen molar-refractivity contribution in [1.82, 2.24) is 10.3 Å². The minimum atomic E-state index is 0.831. The molecular weight excluding hydrogens is 186 g/mol. The van der Waals surface area contributed by atoms with E-state index in [0.717, 1.165) is 37.6 Å². The molecule has 0 radical (unpaired) electrons. The molecule has 0 unspecified atom stereocenters. The van der Waals surface area contributed by atoms with Gasteiger partial charge in [-0.05, 0) is 25.6 Å². The number of anilines is 1. The van der Waals surface area contributed by atoms with Gasteiger partial charge in [0.1, 0.15) is 5.82 Å². The normalized spacial score (nSPS) is 15.7. The summed E-state index contributed by atoms with van der Waals surface area (Å²) in [5.41, 5.74) is 1.10. The van der Waals surface area contributed by atoms with Crippen LogP contribution in [0.3, 0.4) is 0 Å². The second kappa shape index (κ2) is 4.94. The first-order valence-corrected chi connectivity index (χ1v) is 5.40. The lowest BCUT2D eigenvalue weighted by Crippen LogP contribution is -2.27. The number of rotatable bonds is 3. The van der Waals surface area contributed by atoms with Crippen molar-refractivity contribution in [2.45, 2.75) is 13.0 Å². The Morgan fingerprint density at radius 1 is 1.40 bits per heavy atom. The standard InChI is InChI=1S/C12H17N3/c1-13-10-11-6-5-7-12(14-11)15-8-3-2-4-9-15/h2-3,5-7,13H,4,8-10H2,1H3. The lowest BCUT2D eigenvalue weighted by atomic mass is 10.2. The van der Waals surface area contributed by atoms with Gasteiger partial charge >= 0.3 is 0 Å². The van der Waals surface area contributed by atoms with E-state index < -0.39 is 0 Å². The molecule has 2 rings (SSSR count). The van der Waals surface area contributed by atoms with Gasteiger partial charge in [0.2, 0.25) is 0 Å². The summed E-state index contributed by atoms with van der Waals surface area (Å²) in [6.07, 6.45) is 5.56. The second-order valence-electron chi connectivity index (χ2n) is 3.72. The third kappa shape index (κ3) is 2.57. The average Bonchev–Trinajstić information content (AvgIpc) is 2.31. The summed E-state index contributed by atoms with van der Waals surface area (Å²) in [5.74, 6) is 1.09. The van der Waals surface area contributed by atoms with E-state index in [9.17, 15) is 0 Å². The van der Waals surface area contributed by atoms with Crippen LogP contribution in [0.1, 0.15) is 12.1 Å². The average molecular weight is 203 g/mol. The van der Waals surface area contributed by atoms with Gasteiger partial charge in [0.15, 0.2) is 0 Å². The van der Waals surface area contributed by atoms with Gasteiger partial charge in [-0.15, -0.1) is 0 Å². The van der Waals surface area contributed by atoms with Crippen molar-refractivity contribution in [2.75, 3.05) is 25.0 Å².